The second-order valence-electron chi connectivity index (χ2n) is 1.65. The topological polar surface area (TPSA) is 20.2 Å². The molecular weight excluding hydrogens is 95.0 g/mol. The first-order valence-corrected chi connectivity index (χ1v) is 3.70. The zero-order valence-corrected chi connectivity index (χ0v) is 4.65. The van der Waals surface area contributed by atoms with Gasteiger partial charge in [-0.3, -0.25) is 0 Å². The highest BCUT2D eigenvalue weighted by Gasteiger charge is 2.08. The van der Waals surface area contributed by atoms with Gasteiger partial charge < -0.3 is 5.11 Å². The minimum Gasteiger partial charge on any atom is -0.393 e. The molecule has 0 bridgehead atoms. The van der Waals surface area contributed by atoms with E-state index in [1.807, 2.05) is 0 Å². The van der Waals surface area contributed by atoms with Gasteiger partial charge in [-0.05, 0) is 18.7 Å². The molecule has 0 aromatic rings. The van der Waals surface area contributed by atoms with Crippen molar-refractivity contribution in [1.82, 2.24) is 0 Å². The summed E-state index contributed by atoms with van der Waals surface area (Å²) in [6, 6.07) is 0. The van der Waals surface area contributed by atoms with Gasteiger partial charge in [-0.2, -0.15) is 0 Å². The average Bonchev–Trinajstić information content (AvgIpc) is 1.86. The van der Waals surface area contributed by atoms with Crippen LogP contribution < -0.4 is 0 Å². The largest absolute Gasteiger partial charge is 0.393 e. The third-order valence-electron chi connectivity index (χ3n) is 1.03. The standard InChI is InChI=1S/C4H9OP/c5-4-1-2-6-3-4/h4-6H,1-3H2. The molecule has 2 unspecified atom stereocenters. The zero-order chi connectivity index (χ0) is 4.41. The van der Waals surface area contributed by atoms with Gasteiger partial charge in [0.2, 0.25) is 0 Å². The van der Waals surface area contributed by atoms with E-state index in [4.69, 9.17) is 5.11 Å². The Morgan fingerprint density at radius 1 is 1.67 bits per heavy atom. The van der Waals surface area contributed by atoms with Gasteiger partial charge in [0.15, 0.2) is 0 Å². The summed E-state index contributed by atoms with van der Waals surface area (Å²) >= 11 is 0. The molecule has 6 heavy (non-hydrogen) atoms. The molecule has 0 amide bonds. The van der Waals surface area contributed by atoms with Crippen molar-refractivity contribution in [3.05, 3.63) is 0 Å². The number of aliphatic hydroxyl groups excluding tert-OH is 1. The number of aliphatic hydroxyl groups is 1. The average molecular weight is 104 g/mol. The van der Waals surface area contributed by atoms with E-state index in [9.17, 15) is 0 Å². The first-order valence-electron chi connectivity index (χ1n) is 2.28. The lowest BCUT2D eigenvalue weighted by Gasteiger charge is -1.90. The van der Waals surface area contributed by atoms with Gasteiger partial charge >= 0.3 is 0 Å². The summed E-state index contributed by atoms with van der Waals surface area (Å²) in [4.78, 5) is 0. The van der Waals surface area contributed by atoms with Gasteiger partial charge in [-0.1, -0.05) is 0 Å². The molecule has 1 fully saturated rings. The minimum absolute atomic E-state index is 0.0586. The van der Waals surface area contributed by atoms with Crippen molar-refractivity contribution in [3.8, 4) is 0 Å². The van der Waals surface area contributed by atoms with Crippen molar-refractivity contribution < 1.29 is 5.11 Å². The van der Waals surface area contributed by atoms with Gasteiger partial charge in [-0.25, -0.2) is 0 Å². The second-order valence-corrected chi connectivity index (χ2v) is 3.05. The molecule has 1 saturated heterocycles. The summed E-state index contributed by atoms with van der Waals surface area (Å²) in [6.45, 7) is 0. The summed E-state index contributed by atoms with van der Waals surface area (Å²) in [6.07, 6.45) is 3.45. The van der Waals surface area contributed by atoms with Crippen molar-refractivity contribution >= 4 is 8.58 Å². The molecule has 0 saturated carbocycles. The summed E-state index contributed by atoms with van der Waals surface area (Å²) < 4.78 is 0. The third kappa shape index (κ3) is 0.924. The van der Waals surface area contributed by atoms with E-state index in [-0.39, 0.29) is 6.10 Å². The van der Waals surface area contributed by atoms with Gasteiger partial charge in [0.05, 0.1) is 6.10 Å². The predicted octanol–water partition coefficient (Wildman–Crippen LogP) is 0.430. The Balaban J connectivity index is 2.18. The van der Waals surface area contributed by atoms with Crippen LogP contribution in [0, 0.1) is 0 Å². The smallest absolute Gasteiger partial charge is 0.0580 e. The third-order valence-corrected chi connectivity index (χ3v) is 2.44. The molecule has 1 nitrogen and oxygen atoms in total. The lowest BCUT2D eigenvalue weighted by Crippen LogP contribution is -2.00. The van der Waals surface area contributed by atoms with E-state index < -0.39 is 0 Å². The number of rotatable bonds is 0. The Morgan fingerprint density at radius 3 is 2.67 bits per heavy atom. The molecule has 0 spiro atoms. The minimum atomic E-state index is 0.0586. The molecule has 2 heteroatoms. The molecule has 0 radical (unpaired) electrons. The van der Waals surface area contributed by atoms with Crippen LogP contribution in [-0.2, 0) is 0 Å². The molecule has 0 aliphatic carbocycles. The fraction of sp³-hybridized carbons (Fsp3) is 1.00. The predicted molar refractivity (Wildman–Crippen MR) is 28.7 cm³/mol. The maximum Gasteiger partial charge on any atom is 0.0580 e. The SMILES string of the molecule is OC1CCPC1. The fourth-order valence-corrected chi connectivity index (χ4v) is 1.92. The van der Waals surface area contributed by atoms with Crippen LogP contribution in [0.1, 0.15) is 6.42 Å². The molecule has 36 valence electrons. The van der Waals surface area contributed by atoms with Crippen molar-refractivity contribution in [3.63, 3.8) is 0 Å². The van der Waals surface area contributed by atoms with Crippen LogP contribution in [-0.4, -0.2) is 23.5 Å². The van der Waals surface area contributed by atoms with Crippen LogP contribution in [0.2, 0.25) is 0 Å². The molecule has 1 rings (SSSR count). The summed E-state index contributed by atoms with van der Waals surface area (Å²) in [5, 5.41) is 8.74. The lowest BCUT2D eigenvalue weighted by atomic mass is 10.3. The van der Waals surface area contributed by atoms with E-state index in [0.717, 1.165) is 21.2 Å². The highest BCUT2D eigenvalue weighted by Crippen LogP contribution is 2.22. The van der Waals surface area contributed by atoms with E-state index in [2.05, 4.69) is 0 Å². The highest BCUT2D eigenvalue weighted by atomic mass is 31.1. The summed E-state index contributed by atoms with van der Waals surface area (Å²) in [5.74, 6) is 0. The molecule has 1 aliphatic heterocycles. The van der Waals surface area contributed by atoms with E-state index in [0.29, 0.717) is 0 Å². The molecular formula is C4H9OP. The summed E-state index contributed by atoms with van der Waals surface area (Å²) in [7, 11) is 1.04. The van der Waals surface area contributed by atoms with Crippen LogP contribution in [0.5, 0.6) is 0 Å². The maximum absolute atomic E-state index is 8.74. The monoisotopic (exact) mass is 104 g/mol. The number of hydrogen-bond donors (Lipinski definition) is 1. The van der Waals surface area contributed by atoms with Crippen LogP contribution in [0.3, 0.4) is 0 Å². The molecule has 2 atom stereocenters. The highest BCUT2D eigenvalue weighted by molar-refractivity contribution is 7.38. The van der Waals surface area contributed by atoms with E-state index in [1.54, 1.807) is 0 Å². The fourth-order valence-electron chi connectivity index (χ4n) is 0.639. The van der Waals surface area contributed by atoms with Crippen molar-refractivity contribution in [2.24, 2.45) is 0 Å². The molecule has 1 heterocycles. The normalized spacial score (nSPS) is 38.5. The van der Waals surface area contributed by atoms with E-state index in [1.165, 1.54) is 6.16 Å². The van der Waals surface area contributed by atoms with Gasteiger partial charge in [-0.15, -0.1) is 8.58 Å². The molecule has 0 aromatic heterocycles. The molecule has 1 aliphatic rings. The second kappa shape index (κ2) is 1.90. The van der Waals surface area contributed by atoms with Crippen LogP contribution in [0.25, 0.3) is 0 Å². The molecule has 0 aromatic carbocycles. The van der Waals surface area contributed by atoms with Crippen LogP contribution in [0.15, 0.2) is 0 Å². The summed E-state index contributed by atoms with van der Waals surface area (Å²) in [5.41, 5.74) is 0. The Morgan fingerprint density at radius 2 is 2.50 bits per heavy atom. The first kappa shape index (κ1) is 4.55. The maximum atomic E-state index is 8.74. The van der Waals surface area contributed by atoms with Crippen LogP contribution in [0.4, 0.5) is 0 Å². The first-order chi connectivity index (χ1) is 2.89. The van der Waals surface area contributed by atoms with Crippen LogP contribution >= 0.6 is 8.58 Å². The lowest BCUT2D eigenvalue weighted by molar-refractivity contribution is 0.202. The van der Waals surface area contributed by atoms with Gasteiger partial charge in [0.25, 0.3) is 0 Å². The zero-order valence-electron chi connectivity index (χ0n) is 3.65. The Labute approximate surface area is 39.5 Å². The van der Waals surface area contributed by atoms with E-state index >= 15 is 0 Å². The molecule has 1 N–H and O–H groups in total. The van der Waals surface area contributed by atoms with Crippen molar-refractivity contribution in [2.75, 3.05) is 12.3 Å². The Hall–Kier alpha value is 0.390. The van der Waals surface area contributed by atoms with Gasteiger partial charge in [0, 0.05) is 0 Å². The van der Waals surface area contributed by atoms with Gasteiger partial charge in [0.1, 0.15) is 0 Å². The quantitative estimate of drug-likeness (QED) is 0.442. The Kier molecular flexibility index (Phi) is 1.44. The van der Waals surface area contributed by atoms with Crippen molar-refractivity contribution in [2.45, 2.75) is 12.5 Å². The Bertz CT molecular complexity index is 40.8. The van der Waals surface area contributed by atoms with Crippen molar-refractivity contribution in [1.29, 1.82) is 0 Å². The number of hydrogen-bond acceptors (Lipinski definition) is 1.